The predicted octanol–water partition coefficient (Wildman–Crippen LogP) is 2.49. The van der Waals surface area contributed by atoms with Crippen molar-refractivity contribution >= 4 is 17.7 Å². The molecule has 2 fully saturated rings. The average molecular weight is 364 g/mol. The Balaban J connectivity index is 2.42. The van der Waals surface area contributed by atoms with Crippen LogP contribution in [0.25, 0.3) is 0 Å². The fourth-order valence-electron chi connectivity index (χ4n) is 3.50. The zero-order valence-corrected chi connectivity index (χ0v) is 15.9. The molecule has 5 atom stereocenters. The van der Waals surface area contributed by atoms with Crippen LogP contribution in [0.3, 0.4) is 0 Å². The van der Waals surface area contributed by atoms with Crippen molar-refractivity contribution in [3.05, 3.63) is 23.8 Å². The van der Waals surface area contributed by atoms with E-state index in [1.165, 1.54) is 0 Å². The van der Waals surface area contributed by atoms with Gasteiger partial charge in [-0.2, -0.15) is 0 Å². The number of hydrogen-bond donors (Lipinski definition) is 1. The van der Waals surface area contributed by atoms with Gasteiger partial charge in [0.05, 0.1) is 0 Å². The quantitative estimate of drug-likeness (QED) is 0.598. The average Bonchev–Trinajstić information content (AvgIpc) is 2.85. The van der Waals surface area contributed by atoms with Gasteiger partial charge in [0.1, 0.15) is 17.5 Å². The zero-order valence-electron chi connectivity index (χ0n) is 15.9. The number of esters is 2. The van der Waals surface area contributed by atoms with Gasteiger partial charge in [-0.1, -0.05) is 19.6 Å². The van der Waals surface area contributed by atoms with Crippen LogP contribution in [0.4, 0.5) is 0 Å². The number of ketones is 1. The van der Waals surface area contributed by atoms with Gasteiger partial charge in [0.2, 0.25) is 0 Å². The van der Waals surface area contributed by atoms with E-state index in [4.69, 9.17) is 9.47 Å². The van der Waals surface area contributed by atoms with Crippen LogP contribution in [0, 0.1) is 11.8 Å². The molecule has 2 aliphatic rings. The van der Waals surface area contributed by atoms with E-state index in [1.807, 2.05) is 6.92 Å². The standard InChI is InChI=1S/C20H28O6/c1-6-11(2)18(22)26-17-16-14(13(4)19(23)25-16)10-15(21)12(3)8-7-9-20(17,5)24/h6,12,14,16-17,24H,4,7-10H2,1-3,5H3. The summed E-state index contributed by atoms with van der Waals surface area (Å²) in [7, 11) is 0. The van der Waals surface area contributed by atoms with Gasteiger partial charge in [-0.05, 0) is 40.0 Å². The number of fused-ring (bicyclic) bond motifs is 1. The lowest BCUT2D eigenvalue weighted by Gasteiger charge is -2.38. The number of carbonyl (C=O) groups excluding carboxylic acids is 3. The lowest BCUT2D eigenvalue weighted by atomic mass is 9.77. The maximum atomic E-state index is 12.5. The molecule has 2 rings (SSSR count). The van der Waals surface area contributed by atoms with Gasteiger partial charge in [-0.15, -0.1) is 0 Å². The molecule has 1 aliphatic heterocycles. The highest BCUT2D eigenvalue weighted by molar-refractivity contribution is 5.93. The van der Waals surface area contributed by atoms with Crippen molar-refractivity contribution in [3.63, 3.8) is 0 Å². The van der Waals surface area contributed by atoms with Crippen molar-refractivity contribution in [1.29, 1.82) is 0 Å². The van der Waals surface area contributed by atoms with E-state index < -0.39 is 35.7 Å². The van der Waals surface area contributed by atoms with Crippen LogP contribution in [-0.4, -0.2) is 40.6 Å². The summed E-state index contributed by atoms with van der Waals surface area (Å²) in [5.41, 5.74) is -0.810. The van der Waals surface area contributed by atoms with Gasteiger partial charge in [-0.3, -0.25) is 4.79 Å². The number of allylic oxidation sites excluding steroid dienone is 1. The SMILES string of the molecule is C=C1C(=O)OC2C1CC(=O)C(C)CCCC(C)(O)C2OC(=O)C(C)=CC. The lowest BCUT2D eigenvalue weighted by molar-refractivity contribution is -0.185. The smallest absolute Gasteiger partial charge is 0.334 e. The largest absolute Gasteiger partial charge is 0.454 e. The maximum Gasteiger partial charge on any atom is 0.334 e. The van der Waals surface area contributed by atoms with E-state index in [1.54, 1.807) is 26.8 Å². The number of hydrogen-bond acceptors (Lipinski definition) is 6. The van der Waals surface area contributed by atoms with Crippen LogP contribution < -0.4 is 0 Å². The Kier molecular flexibility index (Phi) is 6.06. The van der Waals surface area contributed by atoms with Crippen molar-refractivity contribution < 1.29 is 29.0 Å². The summed E-state index contributed by atoms with van der Waals surface area (Å²) in [6.07, 6.45) is 1.26. The fourth-order valence-corrected chi connectivity index (χ4v) is 3.50. The molecule has 0 amide bonds. The summed E-state index contributed by atoms with van der Waals surface area (Å²) in [5, 5.41) is 11.0. The molecule has 6 nitrogen and oxygen atoms in total. The molecule has 0 aromatic carbocycles. The number of aliphatic hydroxyl groups is 1. The normalized spacial score (nSPS) is 36.3. The van der Waals surface area contributed by atoms with Crippen LogP contribution in [-0.2, 0) is 23.9 Å². The number of carbonyl (C=O) groups is 3. The lowest BCUT2D eigenvalue weighted by Crippen LogP contribution is -2.52. The monoisotopic (exact) mass is 364 g/mol. The maximum absolute atomic E-state index is 12.5. The Morgan fingerprint density at radius 3 is 2.69 bits per heavy atom. The minimum absolute atomic E-state index is 0.0238. The van der Waals surface area contributed by atoms with Gasteiger partial charge in [0, 0.05) is 29.4 Å². The summed E-state index contributed by atoms with van der Waals surface area (Å²) in [5.74, 6) is -1.94. The third kappa shape index (κ3) is 4.06. The second-order valence-corrected chi connectivity index (χ2v) is 7.62. The van der Waals surface area contributed by atoms with Crippen LogP contribution >= 0.6 is 0 Å². The summed E-state index contributed by atoms with van der Waals surface area (Å²) in [6, 6.07) is 0. The van der Waals surface area contributed by atoms with Crippen LogP contribution in [0.5, 0.6) is 0 Å². The number of ether oxygens (including phenoxy) is 2. The van der Waals surface area contributed by atoms with E-state index >= 15 is 0 Å². The van der Waals surface area contributed by atoms with Gasteiger partial charge >= 0.3 is 11.9 Å². The first kappa shape index (κ1) is 20.4. The van der Waals surface area contributed by atoms with Crippen molar-refractivity contribution in [3.8, 4) is 0 Å². The van der Waals surface area contributed by atoms with Crippen LogP contribution in [0.2, 0.25) is 0 Å². The molecule has 144 valence electrons. The first-order valence-electron chi connectivity index (χ1n) is 9.07. The molecule has 5 unspecified atom stereocenters. The predicted molar refractivity (Wildman–Crippen MR) is 95.1 cm³/mol. The Morgan fingerprint density at radius 1 is 1.42 bits per heavy atom. The Morgan fingerprint density at radius 2 is 2.08 bits per heavy atom. The molecular formula is C20H28O6. The number of Topliss-reactive ketones (excluding diaryl/α,β-unsaturated/α-hetero) is 1. The van der Waals surface area contributed by atoms with E-state index in [9.17, 15) is 19.5 Å². The summed E-state index contributed by atoms with van der Waals surface area (Å²) < 4.78 is 11.0. The second kappa shape index (κ2) is 7.74. The molecule has 0 aromatic heterocycles. The summed E-state index contributed by atoms with van der Waals surface area (Å²) >= 11 is 0. The first-order valence-corrected chi connectivity index (χ1v) is 9.07. The van der Waals surface area contributed by atoms with Gasteiger partial charge in [0.15, 0.2) is 6.10 Å². The van der Waals surface area contributed by atoms with Crippen molar-refractivity contribution in [1.82, 2.24) is 0 Å². The van der Waals surface area contributed by atoms with Crippen molar-refractivity contribution in [2.45, 2.75) is 71.2 Å². The third-order valence-electron chi connectivity index (χ3n) is 5.54. The fraction of sp³-hybridized carbons (Fsp3) is 0.650. The molecule has 1 saturated carbocycles. The van der Waals surface area contributed by atoms with Gasteiger partial charge in [0.25, 0.3) is 0 Å². The Labute approximate surface area is 154 Å². The van der Waals surface area contributed by atoms with Crippen LogP contribution in [0.1, 0.15) is 53.4 Å². The van der Waals surface area contributed by atoms with Crippen molar-refractivity contribution in [2.24, 2.45) is 11.8 Å². The van der Waals surface area contributed by atoms with Crippen molar-refractivity contribution in [2.75, 3.05) is 0 Å². The van der Waals surface area contributed by atoms with E-state index in [0.717, 1.165) is 0 Å². The molecule has 0 bridgehead atoms. The molecule has 1 heterocycles. The molecule has 6 heteroatoms. The van der Waals surface area contributed by atoms with E-state index in [2.05, 4.69) is 6.58 Å². The number of rotatable bonds is 2. The zero-order chi connectivity index (χ0) is 19.6. The first-order chi connectivity index (χ1) is 12.1. The van der Waals surface area contributed by atoms with Gasteiger partial charge < -0.3 is 14.6 Å². The summed E-state index contributed by atoms with van der Waals surface area (Å²) in [4.78, 5) is 36.9. The van der Waals surface area contributed by atoms with Crippen LogP contribution in [0.15, 0.2) is 23.8 Å². The molecule has 1 aliphatic carbocycles. The molecule has 0 radical (unpaired) electrons. The van der Waals surface area contributed by atoms with E-state index in [-0.39, 0.29) is 23.7 Å². The molecule has 1 N–H and O–H groups in total. The molecule has 0 aromatic rings. The highest BCUT2D eigenvalue weighted by atomic mass is 16.6. The molecule has 1 saturated heterocycles. The topological polar surface area (TPSA) is 89.9 Å². The molecule has 26 heavy (non-hydrogen) atoms. The highest BCUT2D eigenvalue weighted by Crippen LogP contribution is 2.39. The van der Waals surface area contributed by atoms with E-state index in [0.29, 0.717) is 24.8 Å². The Hall–Kier alpha value is -1.95. The third-order valence-corrected chi connectivity index (χ3v) is 5.54. The Bertz CT molecular complexity index is 645. The molecular weight excluding hydrogens is 336 g/mol. The van der Waals surface area contributed by atoms with Gasteiger partial charge in [-0.25, -0.2) is 9.59 Å². The summed E-state index contributed by atoms with van der Waals surface area (Å²) in [6.45, 7) is 10.5. The highest BCUT2D eigenvalue weighted by Gasteiger charge is 2.52. The molecule has 0 spiro atoms. The second-order valence-electron chi connectivity index (χ2n) is 7.62. The minimum Gasteiger partial charge on any atom is -0.454 e. The minimum atomic E-state index is -1.39.